The number of rotatable bonds is 1. The van der Waals surface area contributed by atoms with Crippen LogP contribution in [0.5, 0.6) is 0 Å². The number of aryl methyl sites for hydroxylation is 1. The normalized spacial score (nSPS) is 8.25. The van der Waals surface area contributed by atoms with Crippen LogP contribution in [0.15, 0.2) is 12.3 Å². The first-order valence-corrected chi connectivity index (χ1v) is 3.05. The van der Waals surface area contributed by atoms with Crippen molar-refractivity contribution >= 4 is 24.8 Å². The number of hydrogen-bond acceptors (Lipinski definition) is 2. The quantitative estimate of drug-likeness (QED) is 0.772. The summed E-state index contributed by atoms with van der Waals surface area (Å²) in [6.45, 7) is 1.96. The zero-order chi connectivity index (χ0) is 7.56. The van der Waals surface area contributed by atoms with Gasteiger partial charge >= 0.3 is 0 Å². The molecular formula is C7H11Cl2FN2. The molecule has 1 aromatic heterocycles. The van der Waals surface area contributed by atoms with E-state index in [1.54, 1.807) is 13.1 Å². The number of aromatic nitrogens is 1. The van der Waals surface area contributed by atoms with E-state index in [1.165, 1.54) is 6.07 Å². The van der Waals surface area contributed by atoms with Crippen molar-refractivity contribution in [2.45, 2.75) is 13.5 Å². The summed E-state index contributed by atoms with van der Waals surface area (Å²) >= 11 is 0. The van der Waals surface area contributed by atoms with E-state index in [0.29, 0.717) is 12.2 Å². The Morgan fingerprint density at radius 1 is 1.50 bits per heavy atom. The molecule has 0 aliphatic heterocycles. The van der Waals surface area contributed by atoms with Crippen molar-refractivity contribution in [3.63, 3.8) is 0 Å². The summed E-state index contributed by atoms with van der Waals surface area (Å²) in [5, 5.41) is 0. The molecule has 0 spiro atoms. The predicted octanol–water partition coefficient (Wildman–Crippen LogP) is 1.83. The molecule has 0 bridgehead atoms. The van der Waals surface area contributed by atoms with Gasteiger partial charge in [-0.25, -0.2) is 4.39 Å². The molecule has 0 aromatic carbocycles. The van der Waals surface area contributed by atoms with Crippen molar-refractivity contribution in [3.8, 4) is 0 Å². The van der Waals surface area contributed by atoms with Crippen LogP contribution in [0.25, 0.3) is 0 Å². The van der Waals surface area contributed by atoms with Crippen LogP contribution in [0, 0.1) is 12.7 Å². The molecule has 0 amide bonds. The van der Waals surface area contributed by atoms with Crippen LogP contribution in [-0.2, 0) is 6.54 Å². The summed E-state index contributed by atoms with van der Waals surface area (Å²) in [4.78, 5) is 3.79. The van der Waals surface area contributed by atoms with E-state index >= 15 is 0 Å². The molecule has 0 fully saturated rings. The average molecular weight is 213 g/mol. The Hall–Kier alpha value is -0.380. The van der Waals surface area contributed by atoms with Crippen molar-refractivity contribution < 1.29 is 4.39 Å². The summed E-state index contributed by atoms with van der Waals surface area (Å²) < 4.78 is 12.6. The van der Waals surface area contributed by atoms with Gasteiger partial charge in [0.2, 0.25) is 0 Å². The standard InChI is InChI=1S/C7H9FN2.2ClH/c1-5-7(8)2-6(3-9)4-10-5;;/h2,4H,3,9H2,1H3;2*1H. The van der Waals surface area contributed by atoms with Crippen LogP contribution in [0.3, 0.4) is 0 Å². The maximum absolute atomic E-state index is 12.6. The number of hydrogen-bond donors (Lipinski definition) is 1. The van der Waals surface area contributed by atoms with Gasteiger partial charge in [0, 0.05) is 12.7 Å². The van der Waals surface area contributed by atoms with Crippen molar-refractivity contribution in [3.05, 3.63) is 29.3 Å². The minimum absolute atomic E-state index is 0. The lowest BCUT2D eigenvalue weighted by atomic mass is 10.2. The highest BCUT2D eigenvalue weighted by Gasteiger charge is 1.97. The maximum atomic E-state index is 12.6. The molecule has 0 atom stereocenters. The van der Waals surface area contributed by atoms with Gasteiger partial charge in [-0.2, -0.15) is 0 Å². The molecule has 0 radical (unpaired) electrons. The summed E-state index contributed by atoms with van der Waals surface area (Å²) in [5.74, 6) is -0.289. The Kier molecular flexibility index (Phi) is 7.28. The van der Waals surface area contributed by atoms with Crippen molar-refractivity contribution in [2.24, 2.45) is 5.73 Å². The average Bonchev–Trinajstić information content (AvgIpc) is 1.95. The molecule has 0 saturated heterocycles. The SMILES string of the molecule is Cc1ncc(CN)cc1F.Cl.Cl. The first-order valence-electron chi connectivity index (χ1n) is 3.05. The molecule has 1 aromatic rings. The van der Waals surface area contributed by atoms with Gasteiger partial charge in [0.25, 0.3) is 0 Å². The highest BCUT2D eigenvalue weighted by molar-refractivity contribution is 5.85. The van der Waals surface area contributed by atoms with Crippen molar-refractivity contribution in [1.29, 1.82) is 0 Å². The Morgan fingerprint density at radius 3 is 2.50 bits per heavy atom. The maximum Gasteiger partial charge on any atom is 0.144 e. The number of nitrogens with two attached hydrogens (primary N) is 1. The first kappa shape index (κ1) is 14.2. The van der Waals surface area contributed by atoms with Crippen molar-refractivity contribution in [2.75, 3.05) is 0 Å². The monoisotopic (exact) mass is 212 g/mol. The molecule has 1 rings (SSSR count). The van der Waals surface area contributed by atoms with E-state index in [2.05, 4.69) is 4.98 Å². The van der Waals surface area contributed by atoms with Crippen LogP contribution < -0.4 is 5.73 Å². The molecule has 2 N–H and O–H groups in total. The van der Waals surface area contributed by atoms with Crippen LogP contribution in [0.1, 0.15) is 11.3 Å². The third-order valence-corrected chi connectivity index (χ3v) is 1.32. The zero-order valence-electron chi connectivity index (χ0n) is 6.58. The van der Waals surface area contributed by atoms with Gasteiger partial charge in [-0.05, 0) is 18.6 Å². The Balaban J connectivity index is 0. The smallest absolute Gasteiger partial charge is 0.144 e. The number of halogens is 3. The molecule has 0 aliphatic carbocycles. The molecule has 12 heavy (non-hydrogen) atoms. The van der Waals surface area contributed by atoms with E-state index in [4.69, 9.17) is 5.73 Å². The van der Waals surface area contributed by atoms with Crippen molar-refractivity contribution in [1.82, 2.24) is 4.98 Å². The third kappa shape index (κ3) is 3.34. The van der Waals surface area contributed by atoms with Gasteiger partial charge in [-0.1, -0.05) is 0 Å². The lowest BCUT2D eigenvalue weighted by Gasteiger charge is -1.97. The van der Waals surface area contributed by atoms with Gasteiger partial charge in [0.1, 0.15) is 5.82 Å². The second-order valence-electron chi connectivity index (χ2n) is 2.11. The molecule has 70 valence electrons. The summed E-state index contributed by atoms with van der Waals surface area (Å²) in [6, 6.07) is 1.41. The van der Waals surface area contributed by atoms with E-state index < -0.39 is 0 Å². The van der Waals surface area contributed by atoms with Crippen LogP contribution in [-0.4, -0.2) is 4.98 Å². The van der Waals surface area contributed by atoms with E-state index in [9.17, 15) is 4.39 Å². The van der Waals surface area contributed by atoms with Gasteiger partial charge < -0.3 is 5.73 Å². The lowest BCUT2D eigenvalue weighted by molar-refractivity contribution is 0.607. The highest BCUT2D eigenvalue weighted by atomic mass is 35.5. The Labute approximate surface area is 83.2 Å². The Morgan fingerprint density at radius 2 is 2.08 bits per heavy atom. The Bertz CT molecular complexity index is 243. The molecule has 0 aliphatic rings. The molecule has 5 heteroatoms. The molecule has 1 heterocycles. The largest absolute Gasteiger partial charge is 0.326 e. The van der Waals surface area contributed by atoms with Gasteiger partial charge in [-0.3, -0.25) is 4.98 Å². The van der Waals surface area contributed by atoms with Crippen LogP contribution in [0.2, 0.25) is 0 Å². The van der Waals surface area contributed by atoms with Gasteiger partial charge in [0.15, 0.2) is 0 Å². The number of nitrogens with zero attached hydrogens (tertiary/aromatic N) is 1. The third-order valence-electron chi connectivity index (χ3n) is 1.32. The second kappa shape index (κ2) is 6.17. The van der Waals surface area contributed by atoms with E-state index in [1.807, 2.05) is 0 Å². The summed E-state index contributed by atoms with van der Waals surface area (Å²) in [6.07, 6.45) is 1.58. The predicted molar refractivity (Wildman–Crippen MR) is 51.3 cm³/mol. The fourth-order valence-corrected chi connectivity index (χ4v) is 0.658. The lowest BCUT2D eigenvalue weighted by Crippen LogP contribution is -1.99. The van der Waals surface area contributed by atoms with Crippen LogP contribution >= 0.6 is 24.8 Å². The zero-order valence-corrected chi connectivity index (χ0v) is 8.21. The van der Waals surface area contributed by atoms with E-state index in [0.717, 1.165) is 5.56 Å². The van der Waals surface area contributed by atoms with Gasteiger partial charge in [-0.15, -0.1) is 24.8 Å². The molecule has 0 unspecified atom stereocenters. The van der Waals surface area contributed by atoms with Gasteiger partial charge in [0.05, 0.1) is 5.69 Å². The fraction of sp³-hybridized carbons (Fsp3) is 0.286. The first-order chi connectivity index (χ1) is 4.74. The second-order valence-corrected chi connectivity index (χ2v) is 2.11. The topological polar surface area (TPSA) is 38.9 Å². The highest BCUT2D eigenvalue weighted by Crippen LogP contribution is 2.04. The molecule has 2 nitrogen and oxygen atoms in total. The minimum Gasteiger partial charge on any atom is -0.326 e. The summed E-state index contributed by atoms with van der Waals surface area (Å²) in [7, 11) is 0. The molecular weight excluding hydrogens is 202 g/mol. The molecule has 0 saturated carbocycles. The fourth-order valence-electron chi connectivity index (χ4n) is 0.658. The minimum atomic E-state index is -0.289. The van der Waals surface area contributed by atoms with E-state index in [-0.39, 0.29) is 30.6 Å². The number of pyridine rings is 1. The summed E-state index contributed by atoms with van der Waals surface area (Å²) in [5.41, 5.74) is 6.40. The van der Waals surface area contributed by atoms with Crippen LogP contribution in [0.4, 0.5) is 4.39 Å².